The van der Waals surface area contributed by atoms with Gasteiger partial charge >= 0.3 is 0 Å². The Morgan fingerprint density at radius 1 is 0.429 bits per heavy atom. The molecule has 0 fully saturated rings. The Balaban J connectivity index is 1.69. The van der Waals surface area contributed by atoms with Crippen molar-refractivity contribution >= 4 is 28.8 Å². The number of benzene rings is 4. The van der Waals surface area contributed by atoms with Gasteiger partial charge in [0.1, 0.15) is 0 Å². The molecule has 4 aromatic carbocycles. The number of rotatable bonds is 6. The lowest BCUT2D eigenvalue weighted by Crippen LogP contribution is -2.74. The van der Waals surface area contributed by atoms with Crippen molar-refractivity contribution in [1.82, 2.24) is 19.6 Å². The van der Waals surface area contributed by atoms with Crippen LogP contribution in [0.5, 0.6) is 0 Å². The number of aromatic nitrogens is 4. The Morgan fingerprint density at radius 3 is 1.26 bits per heavy atom. The van der Waals surface area contributed by atoms with Crippen LogP contribution in [0.25, 0.3) is 11.4 Å². The predicted octanol–water partition coefficient (Wildman–Crippen LogP) is 3.44. The van der Waals surface area contributed by atoms with Gasteiger partial charge in [0.15, 0.2) is 8.07 Å². The van der Waals surface area contributed by atoms with Gasteiger partial charge in [0, 0.05) is 24.8 Å². The predicted molar refractivity (Wildman–Crippen MR) is 144 cm³/mol. The molecular formula is C30H24N4Si. The summed E-state index contributed by atoms with van der Waals surface area (Å²) in [5.74, 6) is 0. The Hall–Kier alpha value is -4.48. The highest BCUT2D eigenvalue weighted by molar-refractivity contribution is 7.19. The Kier molecular flexibility index (Phi) is 5.45. The van der Waals surface area contributed by atoms with Crippen LogP contribution in [0.4, 0.5) is 0 Å². The van der Waals surface area contributed by atoms with Gasteiger partial charge in [-0.25, -0.2) is 9.36 Å². The quantitative estimate of drug-likeness (QED) is 0.277. The van der Waals surface area contributed by atoms with E-state index in [9.17, 15) is 0 Å². The first-order valence-corrected chi connectivity index (χ1v) is 13.7. The summed E-state index contributed by atoms with van der Waals surface area (Å²) in [7, 11) is -2.67. The van der Waals surface area contributed by atoms with E-state index < -0.39 is 8.07 Å². The smallest absolute Gasteiger partial charge is 0.179 e. The highest BCUT2D eigenvalue weighted by Crippen LogP contribution is 2.14. The van der Waals surface area contributed by atoms with E-state index in [0.717, 1.165) is 11.4 Å². The molecule has 0 amide bonds. The van der Waals surface area contributed by atoms with Crippen LogP contribution in [0.2, 0.25) is 0 Å². The molecule has 168 valence electrons. The maximum absolute atomic E-state index is 4.50. The molecule has 6 aromatic rings. The summed E-state index contributed by atoms with van der Waals surface area (Å²) in [6.07, 6.45) is 7.62. The number of hydrogen-bond donors (Lipinski definition) is 0. The van der Waals surface area contributed by atoms with Gasteiger partial charge in [0.25, 0.3) is 0 Å². The minimum Gasteiger partial charge on any atom is -0.241 e. The van der Waals surface area contributed by atoms with Crippen molar-refractivity contribution in [2.24, 2.45) is 0 Å². The molecule has 0 aliphatic carbocycles. The first-order chi connectivity index (χ1) is 17.4. The first-order valence-electron chi connectivity index (χ1n) is 11.7. The van der Waals surface area contributed by atoms with Crippen LogP contribution in [-0.2, 0) is 0 Å². The minimum atomic E-state index is -2.67. The Bertz CT molecular complexity index is 1410. The fourth-order valence-electron chi connectivity index (χ4n) is 4.98. The monoisotopic (exact) mass is 468 g/mol. The molecule has 0 aliphatic rings. The zero-order chi connectivity index (χ0) is 23.5. The van der Waals surface area contributed by atoms with Gasteiger partial charge in [-0.2, -0.15) is 10.2 Å². The third kappa shape index (κ3) is 3.72. The number of nitrogens with zero attached hydrogens (tertiary/aromatic N) is 4. The van der Waals surface area contributed by atoms with Crippen molar-refractivity contribution in [3.05, 3.63) is 146 Å². The summed E-state index contributed by atoms with van der Waals surface area (Å²) >= 11 is 0. The van der Waals surface area contributed by atoms with Gasteiger partial charge in [-0.3, -0.25) is 0 Å². The van der Waals surface area contributed by atoms with Crippen molar-refractivity contribution in [1.29, 1.82) is 0 Å². The van der Waals surface area contributed by atoms with E-state index in [0.29, 0.717) is 0 Å². The van der Waals surface area contributed by atoms with Gasteiger partial charge in [-0.05, 0) is 57.1 Å². The molecule has 0 radical (unpaired) electrons. The molecule has 0 unspecified atom stereocenters. The van der Waals surface area contributed by atoms with Crippen LogP contribution in [0.15, 0.2) is 146 Å². The molecule has 0 spiro atoms. The van der Waals surface area contributed by atoms with Crippen LogP contribution in [0.3, 0.4) is 0 Å². The van der Waals surface area contributed by atoms with Crippen LogP contribution in [-0.4, -0.2) is 27.6 Å². The standard InChI is InChI=1S/C30H24N4Si/c1-3-13-27(14-4-1)35(28-15-5-2-6-16-28,29-17-7-11-25(23-29)33-21-9-19-31-33)30-18-8-12-26(24-30)34-22-10-20-32-34/h1-24H. The summed E-state index contributed by atoms with van der Waals surface area (Å²) in [6.45, 7) is 0. The van der Waals surface area contributed by atoms with Crippen LogP contribution in [0.1, 0.15) is 0 Å². The molecule has 4 nitrogen and oxygen atoms in total. The second kappa shape index (κ2) is 9.04. The lowest BCUT2D eigenvalue weighted by molar-refractivity contribution is 0.881. The van der Waals surface area contributed by atoms with Gasteiger partial charge in [0.05, 0.1) is 11.4 Å². The van der Waals surface area contributed by atoms with Crippen molar-refractivity contribution in [3.63, 3.8) is 0 Å². The van der Waals surface area contributed by atoms with Crippen molar-refractivity contribution < 1.29 is 0 Å². The summed E-state index contributed by atoms with van der Waals surface area (Å²) in [5, 5.41) is 14.3. The second-order valence-corrected chi connectivity index (χ2v) is 12.3. The summed E-state index contributed by atoms with van der Waals surface area (Å²) < 4.78 is 3.86. The highest BCUT2D eigenvalue weighted by Gasteiger charge is 2.41. The fourth-order valence-corrected chi connectivity index (χ4v) is 9.79. The third-order valence-corrected chi connectivity index (χ3v) is 11.3. The molecule has 35 heavy (non-hydrogen) atoms. The zero-order valence-corrected chi connectivity index (χ0v) is 20.1. The maximum atomic E-state index is 4.50. The summed E-state index contributed by atoms with van der Waals surface area (Å²) in [4.78, 5) is 0. The topological polar surface area (TPSA) is 35.6 Å². The molecule has 6 rings (SSSR count). The zero-order valence-electron chi connectivity index (χ0n) is 19.1. The van der Waals surface area contributed by atoms with Crippen molar-refractivity contribution in [2.75, 3.05) is 0 Å². The normalized spacial score (nSPS) is 11.4. The highest BCUT2D eigenvalue weighted by atomic mass is 28.3. The molecule has 0 saturated heterocycles. The second-order valence-electron chi connectivity index (χ2n) is 8.48. The van der Waals surface area contributed by atoms with E-state index in [-0.39, 0.29) is 0 Å². The average Bonchev–Trinajstić information content (AvgIpc) is 3.66. The van der Waals surface area contributed by atoms with Crippen LogP contribution in [0, 0.1) is 0 Å². The van der Waals surface area contributed by atoms with E-state index in [1.807, 2.05) is 46.3 Å². The third-order valence-electron chi connectivity index (χ3n) is 6.51. The van der Waals surface area contributed by atoms with E-state index in [2.05, 4.69) is 119 Å². The molecule has 5 heteroatoms. The SMILES string of the molecule is c1ccc([Si](c2ccccc2)(c2cccc(-n3cccn3)c2)c2cccc(-n3cccn3)c2)cc1. The fraction of sp³-hybridized carbons (Fsp3) is 0. The molecular weight excluding hydrogens is 444 g/mol. The molecule has 0 bridgehead atoms. The molecule has 0 aliphatic heterocycles. The van der Waals surface area contributed by atoms with Gasteiger partial charge < -0.3 is 0 Å². The number of hydrogen-bond acceptors (Lipinski definition) is 2. The Morgan fingerprint density at radius 2 is 0.857 bits per heavy atom. The molecule has 2 heterocycles. The summed E-state index contributed by atoms with van der Waals surface area (Å²) in [5.41, 5.74) is 2.11. The van der Waals surface area contributed by atoms with E-state index in [4.69, 9.17) is 0 Å². The lowest BCUT2D eigenvalue weighted by atomic mass is 10.3. The van der Waals surface area contributed by atoms with Gasteiger partial charge in [-0.1, -0.05) is 84.9 Å². The maximum Gasteiger partial charge on any atom is 0.179 e. The lowest BCUT2D eigenvalue weighted by Gasteiger charge is -2.35. The molecule has 0 N–H and O–H groups in total. The van der Waals surface area contributed by atoms with Crippen molar-refractivity contribution in [2.45, 2.75) is 0 Å². The van der Waals surface area contributed by atoms with Crippen LogP contribution >= 0.6 is 0 Å². The average molecular weight is 469 g/mol. The van der Waals surface area contributed by atoms with Gasteiger partial charge in [-0.15, -0.1) is 0 Å². The largest absolute Gasteiger partial charge is 0.241 e. The summed E-state index contributed by atoms with van der Waals surface area (Å²) in [6, 6.07) is 43.5. The molecule has 2 aromatic heterocycles. The van der Waals surface area contributed by atoms with E-state index in [1.165, 1.54) is 20.7 Å². The minimum absolute atomic E-state index is 1.06. The van der Waals surface area contributed by atoms with Crippen LogP contribution < -0.4 is 20.7 Å². The van der Waals surface area contributed by atoms with Crippen molar-refractivity contribution in [3.8, 4) is 11.4 Å². The van der Waals surface area contributed by atoms with Gasteiger partial charge in [0.2, 0.25) is 0 Å². The Labute approximate surface area is 205 Å². The van der Waals surface area contributed by atoms with E-state index >= 15 is 0 Å². The first kappa shape index (κ1) is 21.1. The van der Waals surface area contributed by atoms with E-state index in [1.54, 1.807) is 0 Å². The molecule has 0 atom stereocenters. The molecule has 0 saturated carbocycles.